The number of nitrogens with zero attached hydrogens (tertiary/aromatic N) is 3. The number of hydrazone groups is 1. The number of rotatable bonds is 8. The number of hydrogen-bond acceptors (Lipinski definition) is 4. The Hall–Kier alpha value is -3.88. The van der Waals surface area contributed by atoms with Crippen LogP contribution in [0.4, 0.5) is 5.69 Å². The largest absolute Gasteiger partial charge is 0.318 e. The number of sulfonamides is 1. The van der Waals surface area contributed by atoms with Crippen molar-refractivity contribution >= 4 is 39.4 Å². The summed E-state index contributed by atoms with van der Waals surface area (Å²) in [5, 5.41) is 4.73. The molecule has 0 fully saturated rings. The topological polar surface area (TPSA) is 83.8 Å². The van der Waals surface area contributed by atoms with E-state index in [2.05, 4.69) is 10.5 Å². The minimum atomic E-state index is -3.98. The van der Waals surface area contributed by atoms with Gasteiger partial charge in [-0.05, 0) is 69.3 Å². The maximum Gasteiger partial charge on any atom is 0.264 e. The Labute approximate surface area is 222 Å². The number of aryl methyl sites for hydroxylation is 2. The number of para-hydroxylation sites is 1. The van der Waals surface area contributed by atoms with Gasteiger partial charge in [0.05, 0.1) is 16.8 Å². The second-order valence-electron chi connectivity index (χ2n) is 8.60. The van der Waals surface area contributed by atoms with Gasteiger partial charge in [0.15, 0.2) is 0 Å². The van der Waals surface area contributed by atoms with E-state index >= 15 is 0 Å². The average Bonchev–Trinajstić information content (AvgIpc) is 3.16. The van der Waals surface area contributed by atoms with Crippen LogP contribution in [0.2, 0.25) is 5.02 Å². The Morgan fingerprint density at radius 2 is 1.68 bits per heavy atom. The molecule has 1 amide bonds. The Kier molecular flexibility index (Phi) is 7.80. The third kappa shape index (κ3) is 5.93. The molecule has 0 aliphatic rings. The van der Waals surface area contributed by atoms with Crippen molar-refractivity contribution in [2.75, 3.05) is 10.8 Å². The summed E-state index contributed by atoms with van der Waals surface area (Å²) >= 11 is 6.15. The molecule has 0 spiro atoms. The van der Waals surface area contributed by atoms with Gasteiger partial charge in [-0.3, -0.25) is 9.10 Å². The van der Waals surface area contributed by atoms with E-state index < -0.39 is 22.5 Å². The molecule has 4 aromatic rings. The van der Waals surface area contributed by atoms with Crippen molar-refractivity contribution < 1.29 is 13.2 Å². The van der Waals surface area contributed by atoms with Gasteiger partial charge in [-0.1, -0.05) is 53.6 Å². The van der Waals surface area contributed by atoms with Crippen LogP contribution in [0, 0.1) is 20.8 Å². The van der Waals surface area contributed by atoms with Crippen molar-refractivity contribution in [3.63, 3.8) is 0 Å². The van der Waals surface area contributed by atoms with Gasteiger partial charge in [0.2, 0.25) is 0 Å². The summed E-state index contributed by atoms with van der Waals surface area (Å²) in [4.78, 5) is 12.9. The lowest BCUT2D eigenvalue weighted by molar-refractivity contribution is -0.119. The van der Waals surface area contributed by atoms with Crippen LogP contribution in [0.3, 0.4) is 0 Å². The van der Waals surface area contributed by atoms with E-state index in [9.17, 15) is 13.2 Å². The average molecular weight is 535 g/mol. The van der Waals surface area contributed by atoms with Crippen molar-refractivity contribution in [2.45, 2.75) is 25.7 Å². The second kappa shape index (κ2) is 11.0. The highest BCUT2D eigenvalue weighted by molar-refractivity contribution is 7.92. The highest BCUT2D eigenvalue weighted by Crippen LogP contribution is 2.24. The molecule has 9 heteroatoms. The summed E-state index contributed by atoms with van der Waals surface area (Å²) in [6.07, 6.45) is 1.54. The van der Waals surface area contributed by atoms with E-state index in [0.717, 1.165) is 32.5 Å². The number of amides is 1. The monoisotopic (exact) mass is 534 g/mol. The molecule has 37 heavy (non-hydrogen) atoms. The fraction of sp³-hybridized carbons (Fsp3) is 0.143. The van der Waals surface area contributed by atoms with Crippen molar-refractivity contribution in [3.8, 4) is 5.69 Å². The van der Waals surface area contributed by atoms with E-state index in [-0.39, 0.29) is 4.90 Å². The van der Waals surface area contributed by atoms with Crippen LogP contribution in [-0.2, 0) is 14.8 Å². The van der Waals surface area contributed by atoms with Crippen molar-refractivity contribution in [1.82, 2.24) is 9.99 Å². The smallest absolute Gasteiger partial charge is 0.264 e. The molecule has 190 valence electrons. The number of halogens is 1. The van der Waals surface area contributed by atoms with Crippen LogP contribution in [0.1, 0.15) is 22.5 Å². The number of nitrogens with one attached hydrogen (secondary N) is 1. The van der Waals surface area contributed by atoms with Gasteiger partial charge in [-0.25, -0.2) is 13.8 Å². The van der Waals surface area contributed by atoms with Gasteiger partial charge >= 0.3 is 0 Å². The Balaban J connectivity index is 1.53. The lowest BCUT2D eigenvalue weighted by atomic mass is 10.2. The molecule has 7 nitrogen and oxygen atoms in total. The summed E-state index contributed by atoms with van der Waals surface area (Å²) in [6.45, 7) is 5.36. The first-order valence-corrected chi connectivity index (χ1v) is 13.4. The van der Waals surface area contributed by atoms with Gasteiger partial charge < -0.3 is 4.57 Å². The molecule has 0 aliphatic carbocycles. The highest BCUT2D eigenvalue weighted by atomic mass is 35.5. The zero-order valence-corrected chi connectivity index (χ0v) is 22.3. The van der Waals surface area contributed by atoms with Crippen LogP contribution < -0.4 is 9.73 Å². The van der Waals surface area contributed by atoms with E-state index in [4.69, 9.17) is 11.6 Å². The molecule has 0 atom stereocenters. The van der Waals surface area contributed by atoms with E-state index in [1.807, 2.05) is 55.7 Å². The van der Waals surface area contributed by atoms with Crippen LogP contribution in [0.25, 0.3) is 5.69 Å². The number of benzene rings is 3. The number of carbonyl (C=O) groups excluding carboxylic acids is 1. The predicted octanol–water partition coefficient (Wildman–Crippen LogP) is 5.40. The van der Waals surface area contributed by atoms with E-state index in [1.165, 1.54) is 12.1 Å². The molecule has 0 unspecified atom stereocenters. The Morgan fingerprint density at radius 3 is 2.35 bits per heavy atom. The van der Waals surface area contributed by atoms with Gasteiger partial charge in [0.1, 0.15) is 6.54 Å². The lowest BCUT2D eigenvalue weighted by Gasteiger charge is -2.23. The molecule has 4 rings (SSSR count). The molecule has 3 aromatic carbocycles. The van der Waals surface area contributed by atoms with Crippen LogP contribution in [-0.4, -0.2) is 31.7 Å². The number of aromatic nitrogens is 1. The molecule has 1 N–H and O–H groups in total. The molecule has 0 saturated heterocycles. The Bertz CT molecular complexity index is 1550. The van der Waals surface area contributed by atoms with Gasteiger partial charge in [0.25, 0.3) is 15.9 Å². The molecule has 0 aliphatic heterocycles. The summed E-state index contributed by atoms with van der Waals surface area (Å²) < 4.78 is 29.9. The maximum atomic E-state index is 13.4. The predicted molar refractivity (Wildman–Crippen MR) is 148 cm³/mol. The molecule has 0 radical (unpaired) electrons. The normalized spacial score (nSPS) is 11.6. The number of hydrogen-bond donors (Lipinski definition) is 1. The molecular formula is C28H27ClN4O3S. The molecular weight excluding hydrogens is 508 g/mol. The van der Waals surface area contributed by atoms with Crippen molar-refractivity contribution in [2.24, 2.45) is 5.10 Å². The third-order valence-electron chi connectivity index (χ3n) is 5.87. The number of anilines is 1. The number of carbonyl (C=O) groups is 1. The van der Waals surface area contributed by atoms with Crippen LogP contribution in [0.15, 0.2) is 94.9 Å². The summed E-state index contributed by atoms with van der Waals surface area (Å²) in [7, 11) is -3.98. The summed E-state index contributed by atoms with van der Waals surface area (Å²) in [5.41, 5.74) is 7.41. The van der Waals surface area contributed by atoms with Crippen LogP contribution >= 0.6 is 11.6 Å². The minimum Gasteiger partial charge on any atom is -0.318 e. The van der Waals surface area contributed by atoms with E-state index in [1.54, 1.807) is 48.7 Å². The molecule has 0 saturated carbocycles. The first-order valence-electron chi connectivity index (χ1n) is 11.6. The first-order chi connectivity index (χ1) is 17.7. The standard InChI is InChI=1S/C28H27ClN4O3S/c1-20-12-14-27(15-13-20)37(35,36)32(25-9-5-4-6-10-25)19-28(34)31-30-18-23-16-21(2)33(22(23)3)26-11-7-8-24(29)17-26/h4-18H,19H2,1-3H3,(H,31,34)/b30-18-. The quantitative estimate of drug-likeness (QED) is 0.242. The van der Waals surface area contributed by atoms with Gasteiger partial charge in [-0.2, -0.15) is 5.10 Å². The molecule has 1 heterocycles. The molecule has 1 aromatic heterocycles. The zero-order chi connectivity index (χ0) is 26.6. The van der Waals surface area contributed by atoms with Crippen molar-refractivity contribution in [3.05, 3.63) is 112 Å². The second-order valence-corrected chi connectivity index (χ2v) is 10.9. The fourth-order valence-corrected chi connectivity index (χ4v) is 5.62. The van der Waals surface area contributed by atoms with Crippen molar-refractivity contribution in [1.29, 1.82) is 0 Å². The minimum absolute atomic E-state index is 0.103. The fourth-order valence-electron chi connectivity index (χ4n) is 4.02. The van der Waals surface area contributed by atoms with Gasteiger partial charge in [-0.15, -0.1) is 0 Å². The maximum absolute atomic E-state index is 13.4. The molecule has 0 bridgehead atoms. The summed E-state index contributed by atoms with van der Waals surface area (Å²) in [6, 6.07) is 24.5. The van der Waals surface area contributed by atoms with E-state index in [0.29, 0.717) is 10.7 Å². The third-order valence-corrected chi connectivity index (χ3v) is 7.89. The zero-order valence-electron chi connectivity index (χ0n) is 20.7. The SMILES string of the molecule is Cc1ccc(S(=O)(=O)N(CC(=O)N/N=C\c2cc(C)n(-c3cccc(Cl)c3)c2C)c2ccccc2)cc1. The lowest BCUT2D eigenvalue weighted by Crippen LogP contribution is -2.39. The Morgan fingerprint density at radius 1 is 0.973 bits per heavy atom. The first kappa shape index (κ1) is 26.2. The van der Waals surface area contributed by atoms with Crippen LogP contribution in [0.5, 0.6) is 0 Å². The van der Waals surface area contributed by atoms with Gasteiger partial charge in [0, 0.05) is 27.7 Å². The highest BCUT2D eigenvalue weighted by Gasteiger charge is 2.27. The summed E-state index contributed by atoms with van der Waals surface area (Å²) in [5.74, 6) is -0.570.